The van der Waals surface area contributed by atoms with Crippen LogP contribution in [0.15, 0.2) is 18.3 Å². The largest absolute Gasteiger partial charge is 0.490 e. The van der Waals surface area contributed by atoms with Crippen molar-refractivity contribution in [2.24, 2.45) is 0 Å². The number of fused-ring (bicyclic) bond motifs is 1. The number of H-pyrrole nitrogens is 1. The summed E-state index contributed by atoms with van der Waals surface area (Å²) in [4.78, 5) is 0. The van der Waals surface area contributed by atoms with E-state index in [-0.39, 0.29) is 17.2 Å². The molecule has 2 unspecified atom stereocenters. The normalized spacial score (nSPS) is 22.0. The van der Waals surface area contributed by atoms with Gasteiger partial charge >= 0.3 is 6.18 Å². The van der Waals surface area contributed by atoms with E-state index in [1.54, 1.807) is 6.07 Å². The number of aromatic nitrogens is 2. The third-order valence-corrected chi connectivity index (χ3v) is 4.47. The molecule has 1 fully saturated rings. The van der Waals surface area contributed by atoms with E-state index < -0.39 is 11.7 Å². The van der Waals surface area contributed by atoms with Gasteiger partial charge in [0.05, 0.1) is 11.7 Å². The van der Waals surface area contributed by atoms with Gasteiger partial charge in [0.15, 0.2) is 0 Å². The number of nitrogens with one attached hydrogen (secondary N) is 2. The molecule has 1 aliphatic carbocycles. The zero-order valence-corrected chi connectivity index (χ0v) is 13.6. The lowest BCUT2D eigenvalue weighted by Crippen LogP contribution is -2.38. The third kappa shape index (κ3) is 3.66. The minimum atomic E-state index is -4.48. The van der Waals surface area contributed by atoms with Crippen LogP contribution in [-0.4, -0.2) is 28.9 Å². The quantitative estimate of drug-likeness (QED) is 0.854. The van der Waals surface area contributed by atoms with Gasteiger partial charge in [-0.1, -0.05) is 6.92 Å². The summed E-state index contributed by atoms with van der Waals surface area (Å²) in [6.45, 7) is 3.02. The lowest BCUT2D eigenvalue weighted by atomic mass is 9.92. The average Bonchev–Trinajstić information content (AvgIpc) is 3.00. The van der Waals surface area contributed by atoms with Crippen molar-refractivity contribution >= 4 is 10.9 Å². The fourth-order valence-corrected chi connectivity index (χ4v) is 3.35. The number of benzene rings is 1. The Morgan fingerprint density at radius 2 is 2.17 bits per heavy atom. The van der Waals surface area contributed by atoms with Crippen molar-refractivity contribution in [2.75, 3.05) is 6.54 Å². The van der Waals surface area contributed by atoms with Gasteiger partial charge in [-0.05, 0) is 50.8 Å². The molecular formula is C17H22F3N3O. The highest BCUT2D eigenvalue weighted by molar-refractivity contribution is 5.84. The molecule has 0 saturated heterocycles. The van der Waals surface area contributed by atoms with E-state index in [9.17, 15) is 13.2 Å². The molecule has 4 nitrogen and oxygen atoms in total. The molecule has 24 heavy (non-hydrogen) atoms. The highest BCUT2D eigenvalue weighted by Gasteiger charge is 2.38. The molecule has 1 saturated carbocycles. The molecule has 0 radical (unpaired) electrons. The number of ether oxygens (including phenoxy) is 1. The predicted molar refractivity (Wildman–Crippen MR) is 86.1 cm³/mol. The topological polar surface area (TPSA) is 49.9 Å². The standard InChI is InChI=1S/C17H22F3N3O/c1-2-8-21-11-4-3-5-12(9-11)24-15-7-6-14-13(10-22-23-14)16(15)17(18,19)20/h6-7,10-12,21H,2-5,8-9H2,1H3,(H,22,23). The van der Waals surface area contributed by atoms with Crippen LogP contribution in [-0.2, 0) is 6.18 Å². The van der Waals surface area contributed by atoms with Crippen LogP contribution in [0.25, 0.3) is 10.9 Å². The number of hydrogen-bond acceptors (Lipinski definition) is 3. The molecule has 2 aromatic rings. The Hall–Kier alpha value is -1.76. The van der Waals surface area contributed by atoms with Gasteiger partial charge in [0.1, 0.15) is 17.4 Å². The minimum absolute atomic E-state index is 0.0523. The van der Waals surface area contributed by atoms with Crippen LogP contribution in [0.5, 0.6) is 5.75 Å². The van der Waals surface area contributed by atoms with Crippen LogP contribution in [0, 0.1) is 0 Å². The maximum Gasteiger partial charge on any atom is 0.420 e. The number of nitrogens with zero attached hydrogens (tertiary/aromatic N) is 1. The molecule has 7 heteroatoms. The Kier molecular flexibility index (Phi) is 4.99. The molecule has 2 atom stereocenters. The van der Waals surface area contributed by atoms with E-state index in [0.717, 1.165) is 38.6 Å². The third-order valence-electron chi connectivity index (χ3n) is 4.47. The maximum atomic E-state index is 13.5. The van der Waals surface area contributed by atoms with Crippen LogP contribution < -0.4 is 10.1 Å². The summed E-state index contributed by atoms with van der Waals surface area (Å²) in [5.41, 5.74) is -0.377. The Morgan fingerprint density at radius 1 is 1.33 bits per heavy atom. The smallest absolute Gasteiger partial charge is 0.420 e. The first-order chi connectivity index (χ1) is 11.5. The lowest BCUT2D eigenvalue weighted by Gasteiger charge is -2.31. The monoisotopic (exact) mass is 341 g/mol. The molecule has 0 aliphatic heterocycles. The Bertz CT molecular complexity index is 683. The van der Waals surface area contributed by atoms with Gasteiger partial charge in [0.25, 0.3) is 0 Å². The number of aromatic amines is 1. The van der Waals surface area contributed by atoms with Crippen LogP contribution in [0.4, 0.5) is 13.2 Å². The van der Waals surface area contributed by atoms with Crippen molar-refractivity contribution in [3.05, 3.63) is 23.9 Å². The summed E-state index contributed by atoms with van der Waals surface area (Å²) in [5, 5.41) is 9.79. The first-order valence-corrected chi connectivity index (χ1v) is 8.42. The zero-order chi connectivity index (χ0) is 17.2. The summed E-state index contributed by atoms with van der Waals surface area (Å²) in [5.74, 6) is -0.0995. The molecule has 3 rings (SSSR count). The van der Waals surface area contributed by atoms with Crippen LogP contribution >= 0.6 is 0 Å². The molecule has 1 aliphatic rings. The zero-order valence-electron chi connectivity index (χ0n) is 13.6. The van der Waals surface area contributed by atoms with Gasteiger partial charge in [0.2, 0.25) is 0 Å². The highest BCUT2D eigenvalue weighted by Crippen LogP contribution is 2.41. The summed E-state index contributed by atoms with van der Waals surface area (Å²) in [6, 6.07) is 3.30. The van der Waals surface area contributed by atoms with Crippen LogP contribution in [0.2, 0.25) is 0 Å². The molecule has 1 aromatic heterocycles. The van der Waals surface area contributed by atoms with E-state index in [1.807, 2.05) is 0 Å². The van der Waals surface area contributed by atoms with E-state index in [2.05, 4.69) is 22.4 Å². The van der Waals surface area contributed by atoms with E-state index in [0.29, 0.717) is 11.6 Å². The SMILES string of the molecule is CCCNC1CCCC(Oc2ccc3[nH]ncc3c2C(F)(F)F)C1. The second-order valence-electron chi connectivity index (χ2n) is 6.33. The average molecular weight is 341 g/mol. The first-order valence-electron chi connectivity index (χ1n) is 8.42. The molecular weight excluding hydrogens is 319 g/mol. The van der Waals surface area contributed by atoms with Gasteiger partial charge in [-0.3, -0.25) is 5.10 Å². The Labute approximate surface area is 138 Å². The number of rotatable bonds is 5. The summed E-state index contributed by atoms with van der Waals surface area (Å²) >= 11 is 0. The van der Waals surface area contributed by atoms with E-state index >= 15 is 0 Å². The van der Waals surface area contributed by atoms with Crippen molar-refractivity contribution in [3.8, 4) is 5.75 Å². The summed E-state index contributed by atoms with van der Waals surface area (Å²) < 4.78 is 46.4. The number of halogens is 3. The molecule has 132 valence electrons. The van der Waals surface area contributed by atoms with Crippen molar-refractivity contribution in [1.82, 2.24) is 15.5 Å². The number of alkyl halides is 3. The Balaban J connectivity index is 1.82. The van der Waals surface area contributed by atoms with Gasteiger partial charge in [-0.2, -0.15) is 18.3 Å². The Morgan fingerprint density at radius 3 is 2.92 bits per heavy atom. The second-order valence-corrected chi connectivity index (χ2v) is 6.33. The maximum absolute atomic E-state index is 13.5. The molecule has 1 heterocycles. The molecule has 1 aromatic carbocycles. The second kappa shape index (κ2) is 7.01. The van der Waals surface area contributed by atoms with Crippen molar-refractivity contribution in [2.45, 2.75) is 57.3 Å². The van der Waals surface area contributed by atoms with E-state index in [4.69, 9.17) is 4.74 Å². The fourth-order valence-electron chi connectivity index (χ4n) is 3.35. The van der Waals surface area contributed by atoms with Crippen LogP contribution in [0.3, 0.4) is 0 Å². The first kappa shape index (κ1) is 17.1. The summed E-state index contributed by atoms with van der Waals surface area (Å²) in [6.07, 6.45) is 1.10. The van der Waals surface area contributed by atoms with Gasteiger partial charge in [-0.15, -0.1) is 0 Å². The van der Waals surface area contributed by atoms with Gasteiger partial charge < -0.3 is 10.1 Å². The predicted octanol–water partition coefficient (Wildman–Crippen LogP) is 4.27. The lowest BCUT2D eigenvalue weighted by molar-refractivity contribution is -0.138. The molecule has 2 N–H and O–H groups in total. The molecule has 0 spiro atoms. The van der Waals surface area contributed by atoms with Crippen molar-refractivity contribution < 1.29 is 17.9 Å². The van der Waals surface area contributed by atoms with Crippen LogP contribution in [0.1, 0.15) is 44.6 Å². The van der Waals surface area contributed by atoms with Gasteiger partial charge in [-0.25, -0.2) is 0 Å². The van der Waals surface area contributed by atoms with Crippen molar-refractivity contribution in [3.63, 3.8) is 0 Å². The minimum Gasteiger partial charge on any atom is -0.490 e. The van der Waals surface area contributed by atoms with E-state index in [1.165, 1.54) is 12.3 Å². The number of hydrogen-bond donors (Lipinski definition) is 2. The fraction of sp³-hybridized carbons (Fsp3) is 0.588. The highest BCUT2D eigenvalue weighted by atomic mass is 19.4. The summed E-state index contributed by atoms with van der Waals surface area (Å²) in [7, 11) is 0. The molecule has 0 amide bonds. The van der Waals surface area contributed by atoms with Crippen molar-refractivity contribution in [1.29, 1.82) is 0 Å². The molecule has 0 bridgehead atoms. The van der Waals surface area contributed by atoms with Gasteiger partial charge in [0, 0.05) is 11.4 Å².